The normalized spacial score (nSPS) is 18.9. The molecule has 1 aliphatic rings. The highest BCUT2D eigenvalue weighted by Gasteiger charge is 2.28. The van der Waals surface area contributed by atoms with Crippen molar-refractivity contribution in [2.75, 3.05) is 25.4 Å². The molecule has 1 aliphatic carbocycles. The van der Waals surface area contributed by atoms with Crippen LogP contribution in [0.2, 0.25) is 5.02 Å². The highest BCUT2D eigenvalue weighted by atomic mass is 35.5. The predicted octanol–water partition coefficient (Wildman–Crippen LogP) is 4.72. The van der Waals surface area contributed by atoms with Gasteiger partial charge in [-0.1, -0.05) is 11.6 Å². The number of anilines is 2. The van der Waals surface area contributed by atoms with Crippen molar-refractivity contribution in [1.29, 1.82) is 0 Å². The Labute approximate surface area is 203 Å². The molecular formula is C23H26ClFN4O4S. The van der Waals surface area contributed by atoms with Gasteiger partial charge in [0, 0.05) is 24.2 Å². The van der Waals surface area contributed by atoms with E-state index in [0.29, 0.717) is 22.8 Å². The molecule has 1 fully saturated rings. The fraction of sp³-hybridized carbons (Fsp3) is 0.391. The Morgan fingerprint density at radius 2 is 1.91 bits per heavy atom. The Hall–Kier alpha value is -2.53. The Bertz CT molecular complexity index is 1270. The van der Waals surface area contributed by atoms with Crippen LogP contribution in [0.25, 0.3) is 10.9 Å². The van der Waals surface area contributed by atoms with E-state index in [4.69, 9.17) is 21.1 Å². The summed E-state index contributed by atoms with van der Waals surface area (Å²) in [4.78, 5) is 8.57. The number of benzene rings is 2. The summed E-state index contributed by atoms with van der Waals surface area (Å²) in [6, 6.07) is 9.79. The van der Waals surface area contributed by atoms with Gasteiger partial charge in [-0.15, -0.1) is 0 Å². The van der Waals surface area contributed by atoms with Crippen LogP contribution in [0, 0.1) is 5.82 Å². The molecule has 0 saturated heterocycles. The van der Waals surface area contributed by atoms with Crippen molar-refractivity contribution in [3.63, 3.8) is 0 Å². The van der Waals surface area contributed by atoms with Crippen LogP contribution in [-0.4, -0.2) is 54.9 Å². The topological polar surface area (TPSA) is 93.7 Å². The molecule has 0 amide bonds. The van der Waals surface area contributed by atoms with E-state index < -0.39 is 15.8 Å². The summed E-state index contributed by atoms with van der Waals surface area (Å²) in [6.45, 7) is 0.0762. The Morgan fingerprint density at radius 3 is 2.62 bits per heavy atom. The number of hydrogen-bond acceptors (Lipinski definition) is 7. The van der Waals surface area contributed by atoms with Gasteiger partial charge in [0.1, 0.15) is 23.7 Å². The third-order valence-electron chi connectivity index (χ3n) is 6.00. The van der Waals surface area contributed by atoms with Gasteiger partial charge in [-0.05, 0) is 62.1 Å². The summed E-state index contributed by atoms with van der Waals surface area (Å²) >= 11 is 5.88. The highest BCUT2D eigenvalue weighted by molar-refractivity contribution is 7.88. The predicted molar refractivity (Wildman–Crippen MR) is 129 cm³/mol. The van der Waals surface area contributed by atoms with Crippen molar-refractivity contribution >= 4 is 44.0 Å². The summed E-state index contributed by atoms with van der Waals surface area (Å²) in [5, 5.41) is 3.88. The van der Waals surface area contributed by atoms with E-state index >= 15 is 0 Å². The van der Waals surface area contributed by atoms with Gasteiger partial charge < -0.3 is 14.8 Å². The van der Waals surface area contributed by atoms with E-state index in [1.807, 2.05) is 12.1 Å². The number of halogens is 2. The van der Waals surface area contributed by atoms with Crippen LogP contribution in [0.15, 0.2) is 42.7 Å². The number of nitrogens with zero attached hydrogens (tertiary/aromatic N) is 3. The van der Waals surface area contributed by atoms with Gasteiger partial charge in [-0.2, -0.15) is 0 Å². The maximum atomic E-state index is 13.5. The van der Waals surface area contributed by atoms with Crippen LogP contribution in [0.5, 0.6) is 5.75 Å². The first-order valence-corrected chi connectivity index (χ1v) is 13.1. The molecule has 11 heteroatoms. The lowest BCUT2D eigenvalue weighted by Crippen LogP contribution is -2.40. The number of rotatable bonds is 8. The van der Waals surface area contributed by atoms with E-state index in [-0.39, 0.29) is 24.0 Å². The maximum absolute atomic E-state index is 13.5. The lowest BCUT2D eigenvalue weighted by atomic mass is 9.93. The Kier molecular flexibility index (Phi) is 7.51. The van der Waals surface area contributed by atoms with Gasteiger partial charge in [-0.25, -0.2) is 27.1 Å². The van der Waals surface area contributed by atoms with Crippen LogP contribution >= 0.6 is 11.6 Å². The molecule has 3 aromatic rings. The average molecular weight is 509 g/mol. The second kappa shape index (κ2) is 10.4. The van der Waals surface area contributed by atoms with E-state index in [9.17, 15) is 12.8 Å². The van der Waals surface area contributed by atoms with Crippen LogP contribution in [-0.2, 0) is 14.8 Å². The van der Waals surface area contributed by atoms with E-state index in [1.54, 1.807) is 19.2 Å². The molecule has 1 N–H and O–H groups in total. The van der Waals surface area contributed by atoms with Crippen LogP contribution in [0.3, 0.4) is 0 Å². The molecule has 0 unspecified atom stereocenters. The van der Waals surface area contributed by atoms with Crippen LogP contribution in [0.4, 0.5) is 15.9 Å². The number of ether oxygens (including phenoxy) is 2. The molecule has 0 bridgehead atoms. The summed E-state index contributed by atoms with van der Waals surface area (Å²) in [6.07, 6.45) is 5.74. The average Bonchev–Trinajstić information content (AvgIpc) is 2.81. The first-order chi connectivity index (χ1) is 16.2. The smallest absolute Gasteiger partial charge is 0.211 e. The zero-order chi connectivity index (χ0) is 24.3. The molecule has 1 aromatic heterocycles. The quantitative estimate of drug-likeness (QED) is 0.440. The molecule has 1 heterocycles. The zero-order valence-electron chi connectivity index (χ0n) is 18.9. The van der Waals surface area contributed by atoms with Crippen LogP contribution in [0.1, 0.15) is 25.7 Å². The standard InChI is InChI=1S/C23H26ClFN4O4S/c1-29(34(2,30)31)16-4-6-17(7-5-16)32-14-33-18-8-10-22-19(12-18)23(27-13-26-22)28-15-3-9-21(25)20(24)11-15/h3,8-13,16-17H,4-7,14H2,1-2H3,(H,26,27,28)/t16-,17-. The first kappa shape index (κ1) is 24.6. The molecular weight excluding hydrogens is 483 g/mol. The summed E-state index contributed by atoms with van der Waals surface area (Å²) in [7, 11) is -1.56. The number of fused-ring (bicyclic) bond motifs is 1. The lowest BCUT2D eigenvalue weighted by Gasteiger charge is -2.33. The van der Waals surface area contributed by atoms with E-state index in [0.717, 1.165) is 31.1 Å². The van der Waals surface area contributed by atoms with Gasteiger partial charge in [0.15, 0.2) is 6.79 Å². The molecule has 182 valence electrons. The van der Waals surface area contributed by atoms with Gasteiger partial charge in [-0.3, -0.25) is 0 Å². The van der Waals surface area contributed by atoms with E-state index in [2.05, 4.69) is 15.3 Å². The minimum Gasteiger partial charge on any atom is -0.468 e. The van der Waals surface area contributed by atoms with Gasteiger partial charge in [0.25, 0.3) is 0 Å². The van der Waals surface area contributed by atoms with Gasteiger partial charge >= 0.3 is 0 Å². The number of nitrogens with one attached hydrogen (secondary N) is 1. The molecule has 0 atom stereocenters. The van der Waals surface area contributed by atoms with Crippen molar-refractivity contribution in [3.8, 4) is 5.75 Å². The molecule has 0 aliphatic heterocycles. The van der Waals surface area contributed by atoms with Crippen molar-refractivity contribution in [1.82, 2.24) is 14.3 Å². The molecule has 8 nitrogen and oxygen atoms in total. The summed E-state index contributed by atoms with van der Waals surface area (Å²) in [5.41, 5.74) is 1.31. The molecule has 1 saturated carbocycles. The maximum Gasteiger partial charge on any atom is 0.211 e. The third-order valence-corrected chi connectivity index (χ3v) is 7.63. The van der Waals surface area contributed by atoms with Crippen molar-refractivity contribution in [2.24, 2.45) is 0 Å². The van der Waals surface area contributed by atoms with E-state index in [1.165, 1.54) is 29.0 Å². The number of aromatic nitrogens is 2. The third kappa shape index (κ3) is 5.93. The molecule has 34 heavy (non-hydrogen) atoms. The SMILES string of the molecule is CN([C@H]1CC[C@H](OCOc2ccc3ncnc(Nc4ccc(F)c(Cl)c4)c3c2)CC1)S(C)(=O)=O. The second-order valence-electron chi connectivity index (χ2n) is 8.29. The van der Waals surface area contributed by atoms with Crippen molar-refractivity contribution < 1.29 is 22.3 Å². The minimum atomic E-state index is -3.19. The monoisotopic (exact) mass is 508 g/mol. The molecule has 4 rings (SSSR count). The first-order valence-electron chi connectivity index (χ1n) is 10.8. The molecule has 0 radical (unpaired) electrons. The summed E-state index contributed by atoms with van der Waals surface area (Å²) in [5.74, 6) is 0.631. The second-order valence-corrected chi connectivity index (χ2v) is 10.7. The minimum absolute atomic E-state index is 0.0122. The number of sulfonamides is 1. The summed E-state index contributed by atoms with van der Waals surface area (Å²) < 4.78 is 50.0. The fourth-order valence-electron chi connectivity index (χ4n) is 3.98. The molecule has 0 spiro atoms. The van der Waals surface area contributed by atoms with Crippen molar-refractivity contribution in [3.05, 3.63) is 53.6 Å². The lowest BCUT2D eigenvalue weighted by molar-refractivity contribution is -0.0546. The van der Waals surface area contributed by atoms with Gasteiger partial charge in [0.2, 0.25) is 10.0 Å². The Balaban J connectivity index is 1.36. The Morgan fingerprint density at radius 1 is 1.15 bits per heavy atom. The van der Waals surface area contributed by atoms with Gasteiger partial charge in [0.05, 0.1) is 22.9 Å². The zero-order valence-corrected chi connectivity index (χ0v) is 20.4. The molecule has 2 aromatic carbocycles. The number of hydrogen-bond donors (Lipinski definition) is 1. The highest BCUT2D eigenvalue weighted by Crippen LogP contribution is 2.29. The van der Waals surface area contributed by atoms with Crippen LogP contribution < -0.4 is 10.1 Å². The largest absolute Gasteiger partial charge is 0.468 e. The fourth-order valence-corrected chi connectivity index (χ4v) is 4.91. The van der Waals surface area contributed by atoms with Crippen molar-refractivity contribution in [2.45, 2.75) is 37.8 Å².